The van der Waals surface area contributed by atoms with Crippen LogP contribution in [0, 0.1) is 5.82 Å². The molecule has 6 rings (SSSR count). The van der Waals surface area contributed by atoms with Crippen LogP contribution in [0.5, 0.6) is 23.0 Å². The number of fused-ring (bicyclic) bond motifs is 3. The number of rotatable bonds is 6. The first-order chi connectivity index (χ1) is 17.0. The van der Waals surface area contributed by atoms with Gasteiger partial charge in [0.05, 0.1) is 18.5 Å². The molecule has 0 saturated heterocycles. The van der Waals surface area contributed by atoms with Crippen LogP contribution in [0.1, 0.15) is 41.6 Å². The molecule has 2 heterocycles. The second kappa shape index (κ2) is 8.58. The second-order valence-electron chi connectivity index (χ2n) is 8.85. The molecule has 0 spiro atoms. The molecule has 0 radical (unpaired) electrons. The molecule has 4 aromatic rings. The molecule has 1 N–H and O–H groups in total. The van der Waals surface area contributed by atoms with Crippen LogP contribution in [0.3, 0.4) is 0 Å². The largest absolute Gasteiger partial charge is 0.492 e. The van der Waals surface area contributed by atoms with Gasteiger partial charge in [0.15, 0.2) is 0 Å². The maximum atomic E-state index is 14.9. The Kier molecular flexibility index (Phi) is 5.25. The highest BCUT2D eigenvalue weighted by atomic mass is 19.1. The SMILES string of the molecule is O=C(O)CC1COc2cc(OC3CCc4c(Oc5ccc6ncccc6c5)ccc(F)c43)ccc21. The molecule has 2 aliphatic rings. The average molecular weight is 471 g/mol. The number of ether oxygens (including phenoxy) is 3. The Morgan fingerprint density at radius 1 is 1.11 bits per heavy atom. The van der Waals surface area contributed by atoms with Crippen molar-refractivity contribution < 1.29 is 28.5 Å². The summed E-state index contributed by atoms with van der Waals surface area (Å²) in [6.45, 7) is 0.331. The summed E-state index contributed by atoms with van der Waals surface area (Å²) < 4.78 is 33.0. The average Bonchev–Trinajstić information content (AvgIpc) is 3.45. The van der Waals surface area contributed by atoms with Gasteiger partial charge in [-0.2, -0.15) is 0 Å². The molecular weight excluding hydrogens is 449 g/mol. The van der Waals surface area contributed by atoms with Crippen molar-refractivity contribution in [1.29, 1.82) is 0 Å². The van der Waals surface area contributed by atoms with E-state index in [-0.39, 0.29) is 18.2 Å². The fourth-order valence-corrected chi connectivity index (χ4v) is 4.97. The van der Waals surface area contributed by atoms with Gasteiger partial charge in [-0.25, -0.2) is 4.39 Å². The molecule has 0 bridgehead atoms. The van der Waals surface area contributed by atoms with E-state index in [4.69, 9.17) is 19.3 Å². The minimum atomic E-state index is -0.858. The third kappa shape index (κ3) is 4.03. The first-order valence-electron chi connectivity index (χ1n) is 11.5. The predicted molar refractivity (Wildman–Crippen MR) is 127 cm³/mol. The normalized spacial score (nSPS) is 18.1. The quantitative estimate of drug-likeness (QED) is 0.362. The van der Waals surface area contributed by atoms with E-state index in [0.29, 0.717) is 48.0 Å². The molecule has 3 aromatic carbocycles. The number of carboxylic acid groups (broad SMARTS) is 1. The minimum Gasteiger partial charge on any atom is -0.492 e. The van der Waals surface area contributed by atoms with Crippen LogP contribution >= 0.6 is 0 Å². The maximum absolute atomic E-state index is 14.9. The van der Waals surface area contributed by atoms with Crippen LogP contribution in [0.15, 0.2) is 66.9 Å². The zero-order valence-corrected chi connectivity index (χ0v) is 18.7. The Morgan fingerprint density at radius 2 is 2.00 bits per heavy atom. The van der Waals surface area contributed by atoms with Gasteiger partial charge in [0.25, 0.3) is 0 Å². The summed E-state index contributed by atoms with van der Waals surface area (Å²) in [6, 6.07) is 18.0. The molecule has 2 unspecified atom stereocenters. The molecule has 1 aromatic heterocycles. The third-order valence-corrected chi connectivity index (χ3v) is 6.61. The number of pyridine rings is 1. The second-order valence-corrected chi connectivity index (χ2v) is 8.85. The lowest BCUT2D eigenvalue weighted by atomic mass is 9.98. The highest BCUT2D eigenvalue weighted by Crippen LogP contribution is 2.44. The highest BCUT2D eigenvalue weighted by molar-refractivity contribution is 5.79. The van der Waals surface area contributed by atoms with Gasteiger partial charge in [-0.1, -0.05) is 12.1 Å². The zero-order valence-electron chi connectivity index (χ0n) is 18.7. The summed E-state index contributed by atoms with van der Waals surface area (Å²) in [5.41, 5.74) is 3.06. The number of hydrogen-bond donors (Lipinski definition) is 1. The van der Waals surface area contributed by atoms with Gasteiger partial charge < -0.3 is 19.3 Å². The zero-order chi connectivity index (χ0) is 23.9. The molecule has 1 aliphatic heterocycles. The van der Waals surface area contributed by atoms with Crippen molar-refractivity contribution in [3.63, 3.8) is 0 Å². The van der Waals surface area contributed by atoms with Crippen molar-refractivity contribution in [2.24, 2.45) is 0 Å². The fraction of sp³-hybridized carbons (Fsp3) is 0.214. The summed E-state index contributed by atoms with van der Waals surface area (Å²) in [7, 11) is 0. The fourth-order valence-electron chi connectivity index (χ4n) is 4.97. The number of carbonyl (C=O) groups is 1. The maximum Gasteiger partial charge on any atom is 0.304 e. The smallest absolute Gasteiger partial charge is 0.304 e. The van der Waals surface area contributed by atoms with Crippen LogP contribution in [-0.2, 0) is 11.2 Å². The highest BCUT2D eigenvalue weighted by Gasteiger charge is 2.32. The molecule has 7 heteroatoms. The van der Waals surface area contributed by atoms with Crippen molar-refractivity contribution in [3.8, 4) is 23.0 Å². The van der Waals surface area contributed by atoms with E-state index in [0.717, 1.165) is 22.0 Å². The van der Waals surface area contributed by atoms with Gasteiger partial charge in [-0.05, 0) is 55.3 Å². The molecule has 2 atom stereocenters. The third-order valence-electron chi connectivity index (χ3n) is 6.61. The summed E-state index contributed by atoms with van der Waals surface area (Å²) >= 11 is 0. The van der Waals surface area contributed by atoms with Crippen LogP contribution in [0.2, 0.25) is 0 Å². The monoisotopic (exact) mass is 471 g/mol. The number of nitrogens with zero attached hydrogens (tertiary/aromatic N) is 1. The number of benzene rings is 3. The Balaban J connectivity index is 1.24. The number of halogens is 1. The van der Waals surface area contributed by atoms with Crippen molar-refractivity contribution >= 4 is 16.9 Å². The Morgan fingerprint density at radius 3 is 2.89 bits per heavy atom. The van der Waals surface area contributed by atoms with Crippen molar-refractivity contribution in [2.45, 2.75) is 31.3 Å². The predicted octanol–water partition coefficient (Wildman–Crippen LogP) is 6.18. The first kappa shape index (κ1) is 21.4. The van der Waals surface area contributed by atoms with Crippen LogP contribution in [0.25, 0.3) is 10.9 Å². The van der Waals surface area contributed by atoms with Gasteiger partial charge in [-0.3, -0.25) is 9.78 Å². The molecule has 176 valence electrons. The van der Waals surface area contributed by atoms with Crippen molar-refractivity contribution in [3.05, 3.63) is 89.4 Å². The molecule has 6 nitrogen and oxygen atoms in total. The van der Waals surface area contributed by atoms with Gasteiger partial charge >= 0.3 is 5.97 Å². The topological polar surface area (TPSA) is 77.9 Å². The summed E-state index contributed by atoms with van der Waals surface area (Å²) in [6.07, 6.45) is 2.56. The Hall–Kier alpha value is -4.13. The van der Waals surface area contributed by atoms with E-state index in [2.05, 4.69) is 4.98 Å². The number of carboxylic acids is 1. The lowest BCUT2D eigenvalue weighted by Crippen LogP contribution is -2.07. The van der Waals surface area contributed by atoms with Crippen molar-refractivity contribution in [1.82, 2.24) is 4.98 Å². The van der Waals surface area contributed by atoms with E-state index < -0.39 is 12.1 Å². The van der Waals surface area contributed by atoms with Crippen molar-refractivity contribution in [2.75, 3.05) is 6.61 Å². The van der Waals surface area contributed by atoms with E-state index in [9.17, 15) is 9.18 Å². The summed E-state index contributed by atoms with van der Waals surface area (Å²) in [5, 5.41) is 10.1. The Labute approximate surface area is 200 Å². The van der Waals surface area contributed by atoms with E-state index in [1.165, 1.54) is 6.07 Å². The van der Waals surface area contributed by atoms with Gasteiger partial charge in [0.1, 0.15) is 34.9 Å². The standard InChI is InChI=1S/C28H22FNO5/c29-22-7-10-24(34-18-4-8-23-16(12-18)2-1-11-30-23)21-6-9-25(28(21)22)35-19-3-5-20-17(13-27(31)32)15-33-26(20)14-19/h1-5,7-8,10-12,14,17,25H,6,9,13,15H2,(H,31,32). The van der Waals surface area contributed by atoms with Crippen LogP contribution in [-0.4, -0.2) is 22.7 Å². The number of aromatic nitrogens is 1. The molecule has 0 saturated carbocycles. The summed E-state index contributed by atoms with van der Waals surface area (Å²) in [5.74, 6) is 1.10. The molecule has 0 fully saturated rings. The lowest BCUT2D eigenvalue weighted by Gasteiger charge is -2.17. The van der Waals surface area contributed by atoms with Crippen LogP contribution < -0.4 is 14.2 Å². The molecular formula is C28H22FNO5. The first-order valence-corrected chi connectivity index (χ1v) is 11.5. The van der Waals surface area contributed by atoms with Crippen LogP contribution in [0.4, 0.5) is 4.39 Å². The summed E-state index contributed by atoms with van der Waals surface area (Å²) in [4.78, 5) is 15.4. The minimum absolute atomic E-state index is 0.0188. The van der Waals surface area contributed by atoms with Gasteiger partial charge in [0, 0.05) is 40.3 Å². The van der Waals surface area contributed by atoms with Gasteiger partial charge in [0.2, 0.25) is 0 Å². The van der Waals surface area contributed by atoms with E-state index in [1.54, 1.807) is 24.4 Å². The van der Waals surface area contributed by atoms with Gasteiger partial charge in [-0.15, -0.1) is 0 Å². The Bertz CT molecular complexity index is 1450. The number of hydrogen-bond acceptors (Lipinski definition) is 5. The number of aliphatic carboxylic acids is 1. The molecule has 35 heavy (non-hydrogen) atoms. The molecule has 0 amide bonds. The lowest BCUT2D eigenvalue weighted by molar-refractivity contribution is -0.137. The van der Waals surface area contributed by atoms with E-state index >= 15 is 0 Å². The van der Waals surface area contributed by atoms with E-state index in [1.807, 2.05) is 36.4 Å². The molecule has 1 aliphatic carbocycles.